The molecule has 0 radical (unpaired) electrons. The van der Waals surface area contributed by atoms with Crippen LogP contribution in [0.3, 0.4) is 0 Å². The number of carbonyl (C=O) groups is 1. The minimum Gasteiger partial charge on any atom is -0.494 e. The summed E-state index contributed by atoms with van der Waals surface area (Å²) in [6.07, 6.45) is 0. The van der Waals surface area contributed by atoms with E-state index in [9.17, 15) is 21.6 Å². The molecule has 4 rings (SSSR count). The minimum atomic E-state index is -3.82. The van der Waals surface area contributed by atoms with Gasteiger partial charge in [-0.3, -0.25) is 9.52 Å². The number of hydrogen-bond acceptors (Lipinski definition) is 8. The molecule has 0 spiro atoms. The van der Waals surface area contributed by atoms with E-state index >= 15 is 0 Å². The molecule has 0 bridgehead atoms. The molecule has 0 saturated carbocycles. The van der Waals surface area contributed by atoms with Crippen LogP contribution in [-0.4, -0.2) is 78.4 Å². The van der Waals surface area contributed by atoms with Crippen molar-refractivity contribution in [2.24, 2.45) is 0 Å². The number of ether oxygens (including phenoxy) is 2. The highest BCUT2D eigenvalue weighted by Crippen LogP contribution is 2.22. The summed E-state index contributed by atoms with van der Waals surface area (Å²) in [5.41, 5.74) is 0.818. The third-order valence-electron chi connectivity index (χ3n) is 6.16. The molecule has 40 heavy (non-hydrogen) atoms. The van der Waals surface area contributed by atoms with Crippen LogP contribution in [0, 0.1) is 0 Å². The van der Waals surface area contributed by atoms with Crippen molar-refractivity contribution in [2.75, 3.05) is 56.5 Å². The monoisotopic (exact) mass is 588 g/mol. The number of sulfonamides is 2. The normalized spacial score (nSPS) is 14.8. The second kappa shape index (κ2) is 12.7. The molecule has 1 amide bonds. The fourth-order valence-corrected chi connectivity index (χ4v) is 6.43. The van der Waals surface area contributed by atoms with Crippen molar-refractivity contribution in [1.82, 2.24) is 9.21 Å². The quantitative estimate of drug-likeness (QED) is 0.349. The van der Waals surface area contributed by atoms with Gasteiger partial charge in [-0.1, -0.05) is 0 Å². The smallest absolute Gasteiger partial charge is 0.262 e. The molecule has 11 nitrogen and oxygen atoms in total. The first-order valence-corrected chi connectivity index (χ1v) is 15.6. The highest BCUT2D eigenvalue weighted by Gasteiger charge is 2.27. The molecule has 3 aromatic rings. The van der Waals surface area contributed by atoms with Gasteiger partial charge in [0.25, 0.3) is 15.9 Å². The highest BCUT2D eigenvalue weighted by atomic mass is 32.2. The summed E-state index contributed by atoms with van der Waals surface area (Å²) in [6, 6.07) is 18.2. The van der Waals surface area contributed by atoms with E-state index in [1.54, 1.807) is 24.3 Å². The van der Waals surface area contributed by atoms with Crippen molar-refractivity contribution >= 4 is 37.3 Å². The zero-order chi connectivity index (χ0) is 28.8. The number of amides is 1. The van der Waals surface area contributed by atoms with Gasteiger partial charge in [-0.05, 0) is 86.8 Å². The number of anilines is 2. The number of nitrogens with one attached hydrogen (secondary N) is 2. The molecular formula is C27H32N4O7S2. The summed E-state index contributed by atoms with van der Waals surface area (Å²) in [4.78, 5) is 14.6. The van der Waals surface area contributed by atoms with E-state index < -0.39 is 26.0 Å². The van der Waals surface area contributed by atoms with Gasteiger partial charge >= 0.3 is 0 Å². The second-order valence-corrected chi connectivity index (χ2v) is 12.7. The lowest BCUT2D eigenvalue weighted by Gasteiger charge is -2.31. The number of nitrogens with zero attached hydrogens (tertiary/aromatic N) is 2. The number of piperazine rings is 1. The zero-order valence-electron chi connectivity index (χ0n) is 22.2. The Morgan fingerprint density at radius 1 is 0.750 bits per heavy atom. The lowest BCUT2D eigenvalue weighted by molar-refractivity contribution is -0.118. The van der Waals surface area contributed by atoms with E-state index in [1.165, 1.54) is 52.8 Å². The van der Waals surface area contributed by atoms with Crippen LogP contribution in [0.2, 0.25) is 0 Å². The van der Waals surface area contributed by atoms with Gasteiger partial charge in [-0.2, -0.15) is 4.31 Å². The summed E-state index contributed by atoms with van der Waals surface area (Å²) in [5.74, 6) is 0.495. The molecule has 0 aromatic heterocycles. The van der Waals surface area contributed by atoms with Gasteiger partial charge in [0.2, 0.25) is 10.0 Å². The highest BCUT2D eigenvalue weighted by molar-refractivity contribution is 7.92. The lowest BCUT2D eigenvalue weighted by Crippen LogP contribution is -2.46. The fraction of sp³-hybridized carbons (Fsp3) is 0.296. The molecule has 2 N–H and O–H groups in total. The Morgan fingerprint density at radius 2 is 1.27 bits per heavy atom. The van der Waals surface area contributed by atoms with Crippen molar-refractivity contribution < 1.29 is 31.1 Å². The van der Waals surface area contributed by atoms with Crippen LogP contribution in [-0.2, 0) is 24.8 Å². The lowest BCUT2D eigenvalue weighted by atomic mass is 10.3. The van der Waals surface area contributed by atoms with Crippen LogP contribution in [0.4, 0.5) is 11.4 Å². The van der Waals surface area contributed by atoms with Gasteiger partial charge in [-0.15, -0.1) is 0 Å². The summed E-state index contributed by atoms with van der Waals surface area (Å²) >= 11 is 0. The molecule has 1 aliphatic heterocycles. The Morgan fingerprint density at radius 3 is 1.88 bits per heavy atom. The van der Waals surface area contributed by atoms with Crippen molar-refractivity contribution in [2.45, 2.75) is 16.7 Å². The van der Waals surface area contributed by atoms with E-state index in [4.69, 9.17) is 9.47 Å². The second-order valence-electron chi connectivity index (χ2n) is 9.10. The number of hydrogen-bond donors (Lipinski definition) is 2. The van der Waals surface area contributed by atoms with Gasteiger partial charge in [0.05, 0.1) is 16.4 Å². The summed E-state index contributed by atoms with van der Waals surface area (Å²) in [5, 5.41) is 2.66. The van der Waals surface area contributed by atoms with Gasteiger partial charge in [0, 0.05) is 37.6 Å². The molecule has 1 fully saturated rings. The predicted octanol–water partition coefficient (Wildman–Crippen LogP) is 2.84. The van der Waals surface area contributed by atoms with Gasteiger partial charge in [0.15, 0.2) is 6.61 Å². The van der Waals surface area contributed by atoms with Crippen molar-refractivity contribution in [1.29, 1.82) is 0 Å². The van der Waals surface area contributed by atoms with Crippen LogP contribution in [0.25, 0.3) is 0 Å². The largest absolute Gasteiger partial charge is 0.494 e. The van der Waals surface area contributed by atoms with E-state index in [1.807, 2.05) is 14.0 Å². The van der Waals surface area contributed by atoms with E-state index in [2.05, 4.69) is 14.9 Å². The van der Waals surface area contributed by atoms with Crippen molar-refractivity contribution in [3.05, 3.63) is 72.8 Å². The molecule has 13 heteroatoms. The molecule has 3 aromatic carbocycles. The van der Waals surface area contributed by atoms with Crippen LogP contribution in [0.15, 0.2) is 82.6 Å². The average molecular weight is 589 g/mol. The average Bonchev–Trinajstić information content (AvgIpc) is 2.94. The first-order valence-electron chi connectivity index (χ1n) is 12.6. The molecule has 1 saturated heterocycles. The Balaban J connectivity index is 1.28. The maximum absolute atomic E-state index is 12.9. The molecule has 0 atom stereocenters. The molecule has 1 heterocycles. The Hall–Kier alpha value is -3.65. The number of rotatable bonds is 11. The summed E-state index contributed by atoms with van der Waals surface area (Å²) in [6.45, 7) is 4.26. The van der Waals surface area contributed by atoms with E-state index in [-0.39, 0.29) is 16.4 Å². The van der Waals surface area contributed by atoms with Crippen molar-refractivity contribution in [3.63, 3.8) is 0 Å². The molecule has 0 unspecified atom stereocenters. The topological polar surface area (TPSA) is 134 Å². The third-order valence-corrected chi connectivity index (χ3v) is 9.47. The molecule has 1 aliphatic rings. The minimum absolute atomic E-state index is 0.0322. The van der Waals surface area contributed by atoms with Gasteiger partial charge in [0.1, 0.15) is 11.5 Å². The Bertz CT molecular complexity index is 1500. The fourth-order valence-electron chi connectivity index (χ4n) is 3.95. The number of benzene rings is 3. The molecular weight excluding hydrogens is 556 g/mol. The maximum Gasteiger partial charge on any atom is 0.262 e. The van der Waals surface area contributed by atoms with E-state index in [0.717, 1.165) is 0 Å². The SMILES string of the molecule is CCOc1ccc(NS(=O)(=O)c2ccc(OCC(=O)Nc3ccc(S(=O)(=O)N4CCN(C)CC4)cc3)cc2)cc1. The van der Waals surface area contributed by atoms with Crippen LogP contribution >= 0.6 is 0 Å². The van der Waals surface area contributed by atoms with Crippen LogP contribution in [0.5, 0.6) is 11.5 Å². The third kappa shape index (κ3) is 7.50. The first-order chi connectivity index (χ1) is 19.1. The van der Waals surface area contributed by atoms with Crippen LogP contribution < -0.4 is 19.5 Å². The maximum atomic E-state index is 12.9. The number of likely N-dealkylation sites (N-methyl/N-ethyl adjacent to an activating group) is 1. The Labute approximate surface area is 234 Å². The standard InChI is InChI=1S/C27H32N4O7S2/c1-3-37-23-8-4-22(5-9-23)29-39(33,34)25-14-10-24(11-15-25)38-20-27(32)28-21-6-12-26(13-7-21)40(35,36)31-18-16-30(2)17-19-31/h4-15,29H,3,16-20H2,1-2H3,(H,28,32). The van der Waals surface area contributed by atoms with Crippen LogP contribution in [0.1, 0.15) is 6.92 Å². The predicted molar refractivity (Wildman–Crippen MR) is 152 cm³/mol. The molecule has 0 aliphatic carbocycles. The van der Waals surface area contributed by atoms with Gasteiger partial charge in [-0.25, -0.2) is 16.8 Å². The number of carbonyl (C=O) groups excluding carboxylic acids is 1. The first kappa shape index (κ1) is 29.3. The van der Waals surface area contributed by atoms with Gasteiger partial charge < -0.3 is 19.7 Å². The summed E-state index contributed by atoms with van der Waals surface area (Å²) < 4.78 is 65.9. The van der Waals surface area contributed by atoms with Crippen molar-refractivity contribution in [3.8, 4) is 11.5 Å². The molecule has 214 valence electrons. The zero-order valence-corrected chi connectivity index (χ0v) is 23.9. The van der Waals surface area contributed by atoms with E-state index in [0.29, 0.717) is 55.7 Å². The summed E-state index contributed by atoms with van der Waals surface area (Å²) in [7, 11) is -5.47. The Kier molecular flexibility index (Phi) is 9.30.